The van der Waals surface area contributed by atoms with Gasteiger partial charge in [-0.05, 0) is 38.5 Å². The van der Waals surface area contributed by atoms with Crippen molar-refractivity contribution in [1.29, 1.82) is 0 Å². The molecule has 0 fully saturated rings. The molecular formula is C51H100NO7P. The molecule has 0 amide bonds. The quantitative estimate of drug-likeness (QED) is 0.0198. The number of phosphoric acid groups is 1. The minimum atomic E-state index is -4.53. The van der Waals surface area contributed by atoms with E-state index in [0.29, 0.717) is 24.1 Å². The number of carbonyl (C=O) groups is 1. The van der Waals surface area contributed by atoms with Crippen LogP contribution in [0.25, 0.3) is 0 Å². The zero-order chi connectivity index (χ0) is 44.1. The van der Waals surface area contributed by atoms with Crippen molar-refractivity contribution in [2.45, 2.75) is 245 Å². The summed E-state index contributed by atoms with van der Waals surface area (Å²) in [4.78, 5) is 25.1. The van der Waals surface area contributed by atoms with E-state index in [4.69, 9.17) is 18.5 Å². The van der Waals surface area contributed by atoms with E-state index in [-0.39, 0.29) is 25.8 Å². The molecular weight excluding hydrogens is 770 g/mol. The predicted molar refractivity (Wildman–Crippen MR) is 254 cm³/mol. The molecule has 0 aliphatic heterocycles. The zero-order valence-electron chi connectivity index (χ0n) is 40.4. The number of phosphoric ester groups is 1. The molecule has 2 atom stereocenters. The average molecular weight is 870 g/mol. The van der Waals surface area contributed by atoms with Crippen LogP contribution in [0.3, 0.4) is 0 Å². The Balaban J connectivity index is 4.05. The highest BCUT2D eigenvalue weighted by Gasteiger charge is 2.20. The molecule has 0 spiro atoms. The zero-order valence-corrected chi connectivity index (χ0v) is 41.3. The SMILES string of the molecule is CCC/C=C\C/C=C\CCCCCCCCOCC(COP(=O)([O-])OCC[N+](C)(C)C)OC(=O)CCCCCCCCCCCCCCCCCCCCCCCCCC. The summed E-state index contributed by atoms with van der Waals surface area (Å²) in [6.45, 7) is 5.37. The molecule has 0 saturated carbocycles. The van der Waals surface area contributed by atoms with Gasteiger partial charge >= 0.3 is 5.97 Å². The highest BCUT2D eigenvalue weighted by molar-refractivity contribution is 7.45. The second-order valence-electron chi connectivity index (χ2n) is 18.5. The Morgan fingerprint density at radius 1 is 0.517 bits per heavy atom. The Morgan fingerprint density at radius 2 is 0.950 bits per heavy atom. The van der Waals surface area contributed by atoms with Gasteiger partial charge in [-0.25, -0.2) is 0 Å². The molecule has 9 heteroatoms. The minimum absolute atomic E-state index is 0.0260. The molecule has 0 radical (unpaired) electrons. The van der Waals surface area contributed by atoms with Crippen LogP contribution in [-0.2, 0) is 27.9 Å². The average Bonchev–Trinajstić information content (AvgIpc) is 3.20. The van der Waals surface area contributed by atoms with Gasteiger partial charge in [-0.1, -0.05) is 218 Å². The first-order valence-corrected chi connectivity index (χ1v) is 27.0. The van der Waals surface area contributed by atoms with Crippen molar-refractivity contribution >= 4 is 13.8 Å². The summed E-state index contributed by atoms with van der Waals surface area (Å²) in [6, 6.07) is 0. The van der Waals surface area contributed by atoms with Crippen molar-refractivity contribution in [3.8, 4) is 0 Å². The molecule has 356 valence electrons. The van der Waals surface area contributed by atoms with Crippen LogP contribution < -0.4 is 4.89 Å². The van der Waals surface area contributed by atoms with E-state index < -0.39 is 13.9 Å². The first-order chi connectivity index (χ1) is 29.1. The van der Waals surface area contributed by atoms with Gasteiger partial charge in [0, 0.05) is 13.0 Å². The highest BCUT2D eigenvalue weighted by Crippen LogP contribution is 2.38. The number of allylic oxidation sites excluding steroid dienone is 4. The highest BCUT2D eigenvalue weighted by atomic mass is 31.2. The van der Waals surface area contributed by atoms with Crippen LogP contribution in [0.2, 0.25) is 0 Å². The molecule has 0 heterocycles. The fourth-order valence-corrected chi connectivity index (χ4v) is 8.02. The lowest BCUT2D eigenvalue weighted by Crippen LogP contribution is -2.37. The molecule has 0 bridgehead atoms. The van der Waals surface area contributed by atoms with Gasteiger partial charge in [0.25, 0.3) is 7.82 Å². The van der Waals surface area contributed by atoms with Crippen molar-refractivity contribution in [2.75, 3.05) is 54.1 Å². The molecule has 2 unspecified atom stereocenters. The van der Waals surface area contributed by atoms with E-state index in [1.54, 1.807) is 0 Å². The second kappa shape index (κ2) is 44.6. The summed E-state index contributed by atoms with van der Waals surface area (Å²) in [5.41, 5.74) is 0. The summed E-state index contributed by atoms with van der Waals surface area (Å²) in [5.74, 6) is -0.333. The lowest BCUT2D eigenvalue weighted by Gasteiger charge is -2.28. The van der Waals surface area contributed by atoms with Crippen molar-refractivity contribution in [3.05, 3.63) is 24.3 Å². The molecule has 60 heavy (non-hydrogen) atoms. The van der Waals surface area contributed by atoms with Gasteiger partial charge < -0.3 is 27.9 Å². The number of rotatable bonds is 48. The number of quaternary nitrogens is 1. The Labute approximate surface area is 373 Å². The van der Waals surface area contributed by atoms with Gasteiger partial charge in [0.2, 0.25) is 0 Å². The third kappa shape index (κ3) is 48.0. The maximum atomic E-state index is 12.7. The number of esters is 1. The first-order valence-electron chi connectivity index (χ1n) is 25.6. The van der Waals surface area contributed by atoms with Crippen LogP contribution in [0.15, 0.2) is 24.3 Å². The third-order valence-electron chi connectivity index (χ3n) is 11.2. The normalized spacial score (nSPS) is 13.8. The van der Waals surface area contributed by atoms with Gasteiger partial charge in [0.15, 0.2) is 0 Å². The number of carbonyl (C=O) groups excluding carboxylic acids is 1. The molecule has 0 rings (SSSR count). The van der Waals surface area contributed by atoms with Crippen LogP contribution >= 0.6 is 7.82 Å². The van der Waals surface area contributed by atoms with Crippen LogP contribution in [-0.4, -0.2) is 70.7 Å². The number of hydrogen-bond acceptors (Lipinski definition) is 7. The Kier molecular flexibility index (Phi) is 43.8. The van der Waals surface area contributed by atoms with Gasteiger partial charge in [-0.15, -0.1) is 0 Å². The molecule has 0 aromatic carbocycles. The number of likely N-dealkylation sites (N-methyl/N-ethyl adjacent to an activating group) is 1. The van der Waals surface area contributed by atoms with Crippen LogP contribution in [0.4, 0.5) is 0 Å². The topological polar surface area (TPSA) is 94.1 Å². The summed E-state index contributed by atoms with van der Waals surface area (Å²) in [6.07, 6.45) is 52.1. The van der Waals surface area contributed by atoms with E-state index in [2.05, 4.69) is 38.2 Å². The van der Waals surface area contributed by atoms with E-state index in [1.165, 1.54) is 167 Å². The van der Waals surface area contributed by atoms with Gasteiger partial charge in [0.05, 0.1) is 34.4 Å². The molecule has 0 aliphatic carbocycles. The summed E-state index contributed by atoms with van der Waals surface area (Å²) < 4.78 is 34.7. The molecule has 0 aromatic rings. The fourth-order valence-electron chi connectivity index (χ4n) is 7.29. The molecule has 0 aliphatic rings. The smallest absolute Gasteiger partial charge is 0.306 e. The number of nitrogens with zero attached hydrogens (tertiary/aromatic N) is 1. The Morgan fingerprint density at radius 3 is 1.42 bits per heavy atom. The lowest BCUT2D eigenvalue weighted by atomic mass is 10.0. The fraction of sp³-hybridized carbons (Fsp3) is 0.902. The first kappa shape index (κ1) is 59.0. The minimum Gasteiger partial charge on any atom is -0.756 e. The number of hydrogen-bond donors (Lipinski definition) is 0. The van der Waals surface area contributed by atoms with Gasteiger partial charge in [-0.3, -0.25) is 9.36 Å². The van der Waals surface area contributed by atoms with Crippen molar-refractivity contribution < 1.29 is 37.3 Å². The van der Waals surface area contributed by atoms with E-state index >= 15 is 0 Å². The monoisotopic (exact) mass is 870 g/mol. The standard InChI is InChI=1S/C51H100NO7P/c1-6-8-10-12-14-16-18-20-22-23-24-25-26-27-28-29-30-31-32-34-36-38-40-42-44-51(53)59-50(49-58-60(54,55)57-47-45-52(3,4)5)48-56-46-43-41-39-37-35-33-21-19-17-15-13-11-9-7-2/h11,13,17,19,50H,6-10,12,14-16,18,20-49H2,1-5H3/b13-11-,19-17-. The van der Waals surface area contributed by atoms with E-state index in [0.717, 1.165) is 51.4 Å². The maximum Gasteiger partial charge on any atom is 0.306 e. The van der Waals surface area contributed by atoms with Crippen molar-refractivity contribution in [3.63, 3.8) is 0 Å². The van der Waals surface area contributed by atoms with Gasteiger partial charge in [-0.2, -0.15) is 0 Å². The maximum absolute atomic E-state index is 12.7. The Hall–Kier alpha value is -1.02. The summed E-state index contributed by atoms with van der Waals surface area (Å²) in [5, 5.41) is 0. The number of ether oxygens (including phenoxy) is 2. The third-order valence-corrected chi connectivity index (χ3v) is 12.2. The Bertz CT molecular complexity index is 1010. The van der Waals surface area contributed by atoms with Crippen LogP contribution in [0, 0.1) is 0 Å². The van der Waals surface area contributed by atoms with Crippen molar-refractivity contribution in [2.24, 2.45) is 0 Å². The van der Waals surface area contributed by atoms with Crippen LogP contribution in [0.5, 0.6) is 0 Å². The number of unbranched alkanes of at least 4 members (excludes halogenated alkanes) is 30. The van der Waals surface area contributed by atoms with Gasteiger partial charge in [0.1, 0.15) is 19.3 Å². The molecule has 8 nitrogen and oxygen atoms in total. The molecule has 0 N–H and O–H groups in total. The van der Waals surface area contributed by atoms with E-state index in [9.17, 15) is 14.3 Å². The lowest BCUT2D eigenvalue weighted by molar-refractivity contribution is -0.870. The van der Waals surface area contributed by atoms with Crippen molar-refractivity contribution in [1.82, 2.24) is 0 Å². The predicted octanol–water partition coefficient (Wildman–Crippen LogP) is 14.9. The molecule has 0 aromatic heterocycles. The molecule has 0 saturated heterocycles. The summed E-state index contributed by atoms with van der Waals surface area (Å²) >= 11 is 0. The largest absolute Gasteiger partial charge is 0.756 e. The van der Waals surface area contributed by atoms with E-state index in [1.807, 2.05) is 21.1 Å². The second-order valence-corrected chi connectivity index (χ2v) is 19.9. The summed E-state index contributed by atoms with van der Waals surface area (Å²) in [7, 11) is 1.36. The van der Waals surface area contributed by atoms with Crippen LogP contribution in [0.1, 0.15) is 239 Å².